The summed E-state index contributed by atoms with van der Waals surface area (Å²) in [6, 6.07) is 14.9. The number of piperidine rings is 1. The Kier molecular flexibility index (Phi) is 6.74. The van der Waals surface area contributed by atoms with E-state index >= 15 is 0 Å². The number of likely N-dealkylation sites (tertiary alicyclic amines) is 1. The van der Waals surface area contributed by atoms with Crippen molar-refractivity contribution in [2.45, 2.75) is 32.6 Å². The van der Waals surface area contributed by atoms with Crippen LogP contribution in [0, 0.1) is 11.8 Å². The quantitative estimate of drug-likeness (QED) is 0.766. The van der Waals surface area contributed by atoms with Crippen LogP contribution in [0.2, 0.25) is 5.02 Å². The zero-order valence-electron chi connectivity index (χ0n) is 16.1. The largest absolute Gasteiger partial charge is 0.478 e. The minimum atomic E-state index is -0.878. The summed E-state index contributed by atoms with van der Waals surface area (Å²) in [6.45, 7) is 3.41. The molecule has 0 aromatic heterocycles. The first kappa shape index (κ1) is 20.4. The van der Waals surface area contributed by atoms with Gasteiger partial charge in [-0.1, -0.05) is 54.9 Å². The van der Waals surface area contributed by atoms with Crippen LogP contribution in [-0.2, 0) is 17.6 Å². The van der Waals surface area contributed by atoms with Crippen LogP contribution in [0.3, 0.4) is 0 Å². The number of carboxylic acids is 1. The maximum absolute atomic E-state index is 12.8. The summed E-state index contributed by atoms with van der Waals surface area (Å²) in [7, 11) is 0. The lowest BCUT2D eigenvalue weighted by Crippen LogP contribution is -2.42. The maximum atomic E-state index is 12.8. The fourth-order valence-corrected chi connectivity index (χ4v) is 4.18. The molecule has 5 heteroatoms. The fourth-order valence-electron chi connectivity index (χ4n) is 3.97. The van der Waals surface area contributed by atoms with Crippen LogP contribution in [0.4, 0.5) is 0 Å². The number of aromatic carboxylic acids is 1. The highest BCUT2D eigenvalue weighted by Gasteiger charge is 2.27. The lowest BCUT2D eigenvalue weighted by atomic mass is 9.88. The molecular formula is C23H26ClNO3. The average molecular weight is 400 g/mol. The van der Waals surface area contributed by atoms with Crippen molar-refractivity contribution in [3.63, 3.8) is 0 Å². The number of amides is 1. The molecule has 1 aliphatic rings. The minimum Gasteiger partial charge on any atom is -0.478 e. The van der Waals surface area contributed by atoms with Crippen molar-refractivity contribution in [2.75, 3.05) is 13.1 Å². The smallest absolute Gasteiger partial charge is 0.335 e. The number of hydrogen-bond acceptors (Lipinski definition) is 2. The van der Waals surface area contributed by atoms with Crippen LogP contribution in [0.1, 0.15) is 41.3 Å². The molecule has 1 fully saturated rings. The van der Waals surface area contributed by atoms with Gasteiger partial charge in [-0.05, 0) is 54.9 Å². The van der Waals surface area contributed by atoms with Gasteiger partial charge in [0.15, 0.2) is 0 Å². The Hall–Kier alpha value is -2.33. The second-order valence-corrected chi connectivity index (χ2v) is 8.04. The van der Waals surface area contributed by atoms with Crippen molar-refractivity contribution in [2.24, 2.45) is 11.8 Å². The van der Waals surface area contributed by atoms with Crippen molar-refractivity contribution < 1.29 is 14.7 Å². The van der Waals surface area contributed by atoms with Gasteiger partial charge in [-0.3, -0.25) is 4.79 Å². The van der Waals surface area contributed by atoms with Crippen LogP contribution in [0.15, 0.2) is 48.5 Å². The molecule has 1 aliphatic heterocycles. The van der Waals surface area contributed by atoms with Crippen molar-refractivity contribution in [1.29, 1.82) is 0 Å². The number of hydrogen-bond donors (Lipinski definition) is 1. The highest BCUT2D eigenvalue weighted by Crippen LogP contribution is 2.26. The number of carboxylic acid groups (broad SMARTS) is 1. The Bertz CT molecular complexity index is 843. The molecule has 3 rings (SSSR count). The molecule has 0 spiro atoms. The van der Waals surface area contributed by atoms with E-state index in [4.69, 9.17) is 11.6 Å². The highest BCUT2D eigenvalue weighted by atomic mass is 35.5. The summed E-state index contributed by atoms with van der Waals surface area (Å²) in [5, 5.41) is 10.1. The number of halogens is 1. The average Bonchev–Trinajstić information content (AvgIpc) is 2.70. The molecule has 0 radical (unpaired) electrons. The molecule has 148 valence electrons. The fraction of sp³-hybridized carbons (Fsp3) is 0.391. The van der Waals surface area contributed by atoms with Crippen molar-refractivity contribution in [1.82, 2.24) is 4.90 Å². The molecule has 28 heavy (non-hydrogen) atoms. The summed E-state index contributed by atoms with van der Waals surface area (Å²) < 4.78 is 0. The van der Waals surface area contributed by atoms with E-state index in [1.807, 2.05) is 48.2 Å². The van der Waals surface area contributed by atoms with E-state index in [2.05, 4.69) is 0 Å². The monoisotopic (exact) mass is 399 g/mol. The highest BCUT2D eigenvalue weighted by molar-refractivity contribution is 6.31. The molecule has 2 aromatic rings. The molecule has 0 bridgehead atoms. The molecule has 1 heterocycles. The van der Waals surface area contributed by atoms with Gasteiger partial charge >= 0.3 is 5.97 Å². The van der Waals surface area contributed by atoms with Gasteiger partial charge in [0.1, 0.15) is 0 Å². The predicted octanol–water partition coefficient (Wildman–Crippen LogP) is 4.70. The van der Waals surface area contributed by atoms with E-state index < -0.39 is 5.97 Å². The summed E-state index contributed by atoms with van der Waals surface area (Å²) in [4.78, 5) is 26.2. The second-order valence-electron chi connectivity index (χ2n) is 7.63. The third kappa shape index (κ3) is 4.93. The van der Waals surface area contributed by atoms with Gasteiger partial charge in [0.05, 0.1) is 5.56 Å². The Morgan fingerprint density at radius 3 is 2.32 bits per heavy atom. The van der Waals surface area contributed by atoms with Gasteiger partial charge in [-0.2, -0.15) is 0 Å². The molecule has 1 unspecified atom stereocenters. The number of carbonyl (C=O) groups is 2. The molecule has 1 saturated heterocycles. The molecule has 0 saturated carbocycles. The maximum Gasteiger partial charge on any atom is 0.335 e. The van der Waals surface area contributed by atoms with E-state index in [0.717, 1.165) is 43.5 Å². The first-order valence-corrected chi connectivity index (χ1v) is 10.2. The van der Waals surface area contributed by atoms with E-state index in [1.165, 1.54) is 0 Å². The summed E-state index contributed by atoms with van der Waals surface area (Å²) in [5.74, 6) is -0.409. The Morgan fingerprint density at radius 2 is 1.68 bits per heavy atom. The van der Waals surface area contributed by atoms with Gasteiger partial charge < -0.3 is 10.0 Å². The number of nitrogens with zero attached hydrogens (tertiary/aromatic N) is 1. The molecular weight excluding hydrogens is 374 g/mol. The third-order valence-corrected chi connectivity index (χ3v) is 5.96. The van der Waals surface area contributed by atoms with Crippen LogP contribution in [0.5, 0.6) is 0 Å². The SMILES string of the molecule is CC(Cc1ccccc1Cl)C(=O)N1CCC(Cc2ccccc2C(=O)O)CC1. The number of carbonyl (C=O) groups excluding carboxylic acids is 1. The molecule has 0 aliphatic carbocycles. The molecule has 1 amide bonds. The summed E-state index contributed by atoms with van der Waals surface area (Å²) in [5.41, 5.74) is 2.27. The lowest BCUT2D eigenvalue weighted by Gasteiger charge is -2.34. The van der Waals surface area contributed by atoms with Crippen molar-refractivity contribution in [3.05, 3.63) is 70.2 Å². The zero-order chi connectivity index (χ0) is 20.1. The van der Waals surface area contributed by atoms with Crippen molar-refractivity contribution in [3.8, 4) is 0 Å². The van der Waals surface area contributed by atoms with Gasteiger partial charge in [0, 0.05) is 24.0 Å². The molecule has 1 N–H and O–H groups in total. The minimum absolute atomic E-state index is 0.107. The number of benzene rings is 2. The van der Waals surface area contributed by atoms with Crippen LogP contribution < -0.4 is 0 Å². The van der Waals surface area contributed by atoms with Crippen LogP contribution >= 0.6 is 11.6 Å². The van der Waals surface area contributed by atoms with Gasteiger partial charge in [0.25, 0.3) is 0 Å². The van der Waals surface area contributed by atoms with Crippen molar-refractivity contribution >= 4 is 23.5 Å². The van der Waals surface area contributed by atoms with E-state index in [0.29, 0.717) is 22.9 Å². The zero-order valence-corrected chi connectivity index (χ0v) is 16.9. The summed E-state index contributed by atoms with van der Waals surface area (Å²) in [6.07, 6.45) is 3.20. The molecule has 4 nitrogen and oxygen atoms in total. The van der Waals surface area contributed by atoms with E-state index in [1.54, 1.807) is 12.1 Å². The van der Waals surface area contributed by atoms with E-state index in [-0.39, 0.29) is 11.8 Å². The second kappa shape index (κ2) is 9.24. The van der Waals surface area contributed by atoms with Gasteiger partial charge in [-0.15, -0.1) is 0 Å². The van der Waals surface area contributed by atoms with Crippen LogP contribution in [-0.4, -0.2) is 35.0 Å². The molecule has 2 aromatic carbocycles. The lowest BCUT2D eigenvalue weighted by molar-refractivity contribution is -0.136. The summed E-state index contributed by atoms with van der Waals surface area (Å²) >= 11 is 6.22. The molecule has 1 atom stereocenters. The first-order chi connectivity index (χ1) is 13.5. The van der Waals surface area contributed by atoms with E-state index in [9.17, 15) is 14.7 Å². The Labute approximate surface area is 171 Å². The third-order valence-electron chi connectivity index (χ3n) is 5.59. The van der Waals surface area contributed by atoms with Gasteiger partial charge in [-0.25, -0.2) is 4.79 Å². The topological polar surface area (TPSA) is 57.6 Å². The predicted molar refractivity (Wildman–Crippen MR) is 111 cm³/mol. The normalized spacial score (nSPS) is 16.0. The Morgan fingerprint density at radius 1 is 1.07 bits per heavy atom. The number of rotatable bonds is 6. The van der Waals surface area contributed by atoms with Gasteiger partial charge in [0.2, 0.25) is 5.91 Å². The van der Waals surface area contributed by atoms with Crippen LogP contribution in [0.25, 0.3) is 0 Å². The Balaban J connectivity index is 1.54. The standard InChI is InChI=1S/C23H26ClNO3/c1-16(14-19-7-3-5-9-21(19)24)22(26)25-12-10-17(11-13-25)15-18-6-2-4-8-20(18)23(27)28/h2-9,16-17H,10-15H2,1H3,(H,27,28). The first-order valence-electron chi connectivity index (χ1n) is 9.79.